The molecular formula is C36H41N7O8. The number of hydrogen-bond donors (Lipinski definition) is 2. The monoisotopic (exact) mass is 699 g/mol. The molecule has 0 bridgehead atoms. The second kappa shape index (κ2) is 15.9. The van der Waals surface area contributed by atoms with E-state index in [2.05, 4.69) is 26.0 Å². The van der Waals surface area contributed by atoms with Crippen LogP contribution in [0.15, 0.2) is 66.7 Å². The van der Waals surface area contributed by atoms with E-state index in [1.54, 1.807) is 57.2 Å². The summed E-state index contributed by atoms with van der Waals surface area (Å²) in [7, 11) is 2.63. The molecule has 1 aliphatic rings. The molecule has 0 unspecified atom stereocenters. The van der Waals surface area contributed by atoms with Gasteiger partial charge in [0.1, 0.15) is 23.7 Å². The van der Waals surface area contributed by atoms with Crippen LogP contribution in [0.4, 0.5) is 5.69 Å². The Labute approximate surface area is 294 Å². The number of benzene rings is 3. The smallest absolute Gasteiger partial charge is 0.328 e. The molecular weight excluding hydrogens is 658 g/mol. The highest BCUT2D eigenvalue weighted by atomic mass is 16.6. The molecule has 0 saturated heterocycles. The quantitative estimate of drug-likeness (QED) is 0.196. The van der Waals surface area contributed by atoms with Gasteiger partial charge in [-0.1, -0.05) is 54.6 Å². The molecule has 268 valence electrons. The molecule has 15 nitrogen and oxygen atoms in total. The van der Waals surface area contributed by atoms with E-state index in [0.29, 0.717) is 28.0 Å². The minimum Gasteiger partial charge on any atom is -0.467 e. The number of ether oxygens (including phenoxy) is 3. The van der Waals surface area contributed by atoms with Crippen LogP contribution in [0.2, 0.25) is 0 Å². The summed E-state index contributed by atoms with van der Waals surface area (Å²) in [6, 6.07) is 16.1. The second-order valence-corrected chi connectivity index (χ2v) is 13.0. The van der Waals surface area contributed by atoms with Gasteiger partial charge in [0.05, 0.1) is 13.5 Å². The van der Waals surface area contributed by atoms with Crippen LogP contribution in [0.25, 0.3) is 10.8 Å². The summed E-state index contributed by atoms with van der Waals surface area (Å²) >= 11 is 0. The van der Waals surface area contributed by atoms with Gasteiger partial charge in [-0.25, -0.2) is 4.79 Å². The lowest BCUT2D eigenvalue weighted by Crippen LogP contribution is -2.57. The van der Waals surface area contributed by atoms with E-state index in [1.807, 2.05) is 30.3 Å². The maximum atomic E-state index is 14.7. The Kier molecular flexibility index (Phi) is 11.4. The summed E-state index contributed by atoms with van der Waals surface area (Å²) in [5, 5.41) is 19.3. The molecule has 0 spiro atoms. The summed E-state index contributed by atoms with van der Waals surface area (Å²) in [6.07, 6.45) is -0.151. The Balaban J connectivity index is 1.45. The SMILES string of the molecule is COCn1nnc(CC[C@H](NC(=O)c2cccc3ccccc23)C(=O)N2c3ccccc3C[C@H]2C(=O)N[C@@H](CC(=O)OC(C)(C)C)C(=O)OC)n1. The number of anilines is 1. The number of esters is 2. The topological polar surface area (TPSA) is 184 Å². The highest BCUT2D eigenvalue weighted by Crippen LogP contribution is 2.33. The van der Waals surface area contributed by atoms with Gasteiger partial charge in [-0.15, -0.1) is 15.0 Å². The number of para-hydroxylation sites is 1. The summed E-state index contributed by atoms with van der Waals surface area (Å²) in [5.41, 5.74) is 0.722. The largest absolute Gasteiger partial charge is 0.467 e. The number of aryl methyl sites for hydroxylation is 1. The maximum Gasteiger partial charge on any atom is 0.328 e. The molecule has 0 saturated carbocycles. The standard InChI is InChI=1S/C36H41N7O8/c1-36(2,3)51-31(44)20-27(35(48)50-5)38-33(46)29-19-23-12-7-9-16-28(23)43(29)34(47)26(17-18-30-39-41-42(40-30)21-49-4)37-32(45)25-15-10-13-22-11-6-8-14-24(22)25/h6-16,26-27,29H,17-21H2,1-5H3,(H,37,45)(H,38,46)/t26-,27-,29-/m0/s1. The number of fused-ring (bicyclic) bond motifs is 2. The number of aromatic nitrogens is 4. The van der Waals surface area contributed by atoms with Crippen molar-refractivity contribution in [2.75, 3.05) is 19.1 Å². The maximum absolute atomic E-state index is 14.7. The summed E-state index contributed by atoms with van der Waals surface area (Å²) in [5.74, 6) is -2.99. The molecule has 15 heteroatoms. The summed E-state index contributed by atoms with van der Waals surface area (Å²) in [4.78, 5) is 70.5. The van der Waals surface area contributed by atoms with Crippen LogP contribution in [-0.4, -0.2) is 87.8 Å². The molecule has 51 heavy (non-hydrogen) atoms. The Bertz CT molecular complexity index is 1920. The van der Waals surface area contributed by atoms with Crippen LogP contribution in [0.1, 0.15) is 55.4 Å². The third-order valence-electron chi connectivity index (χ3n) is 8.14. The molecule has 0 aliphatic carbocycles. The van der Waals surface area contributed by atoms with Gasteiger partial charge >= 0.3 is 11.9 Å². The zero-order valence-corrected chi connectivity index (χ0v) is 29.1. The lowest BCUT2D eigenvalue weighted by atomic mass is 10.0. The third kappa shape index (κ3) is 8.91. The zero-order valence-electron chi connectivity index (χ0n) is 29.1. The van der Waals surface area contributed by atoms with Crippen LogP contribution in [0, 0.1) is 0 Å². The van der Waals surface area contributed by atoms with E-state index < -0.39 is 59.8 Å². The van der Waals surface area contributed by atoms with Gasteiger partial charge in [0.2, 0.25) is 11.8 Å². The number of carbonyl (C=O) groups excluding carboxylic acids is 5. The van der Waals surface area contributed by atoms with Crippen molar-refractivity contribution in [1.82, 2.24) is 30.8 Å². The summed E-state index contributed by atoms with van der Waals surface area (Å²) < 4.78 is 15.3. The average Bonchev–Trinajstić information content (AvgIpc) is 3.72. The lowest BCUT2D eigenvalue weighted by molar-refractivity contribution is -0.159. The molecule has 2 N–H and O–H groups in total. The fraction of sp³-hybridized carbons (Fsp3) is 0.389. The van der Waals surface area contributed by atoms with E-state index >= 15 is 0 Å². The number of carbonyl (C=O) groups is 5. The molecule has 0 radical (unpaired) electrons. The van der Waals surface area contributed by atoms with Crippen LogP contribution in [0.3, 0.4) is 0 Å². The number of rotatable bonds is 13. The first kappa shape index (κ1) is 36.6. The number of methoxy groups -OCH3 is 2. The van der Waals surface area contributed by atoms with Crippen molar-refractivity contribution in [3.63, 3.8) is 0 Å². The van der Waals surface area contributed by atoms with Crippen LogP contribution in [-0.2, 0) is 53.0 Å². The van der Waals surface area contributed by atoms with Gasteiger partial charge in [-0.2, -0.15) is 0 Å². The first-order chi connectivity index (χ1) is 24.4. The van der Waals surface area contributed by atoms with Crippen molar-refractivity contribution in [2.45, 2.75) is 76.9 Å². The fourth-order valence-electron chi connectivity index (χ4n) is 5.93. The first-order valence-corrected chi connectivity index (χ1v) is 16.4. The van der Waals surface area contributed by atoms with Crippen molar-refractivity contribution >= 4 is 46.1 Å². The lowest BCUT2D eigenvalue weighted by Gasteiger charge is -2.30. The fourth-order valence-corrected chi connectivity index (χ4v) is 5.93. The van der Waals surface area contributed by atoms with Crippen molar-refractivity contribution in [3.05, 3.63) is 83.7 Å². The van der Waals surface area contributed by atoms with Gasteiger partial charge in [0, 0.05) is 31.2 Å². The number of hydrogen-bond acceptors (Lipinski definition) is 11. The minimum absolute atomic E-state index is 0.0600. The van der Waals surface area contributed by atoms with E-state index in [0.717, 1.165) is 12.5 Å². The van der Waals surface area contributed by atoms with Crippen molar-refractivity contribution < 1.29 is 38.2 Å². The van der Waals surface area contributed by atoms with E-state index in [-0.39, 0.29) is 26.0 Å². The predicted octanol–water partition coefficient (Wildman–Crippen LogP) is 2.51. The van der Waals surface area contributed by atoms with E-state index in [9.17, 15) is 24.0 Å². The van der Waals surface area contributed by atoms with Crippen LogP contribution < -0.4 is 15.5 Å². The number of tetrazole rings is 1. The highest BCUT2D eigenvalue weighted by Gasteiger charge is 2.42. The molecule has 0 fully saturated rings. The number of nitrogens with one attached hydrogen (secondary N) is 2. The average molecular weight is 700 g/mol. The normalized spacial score (nSPS) is 15.1. The van der Waals surface area contributed by atoms with Crippen molar-refractivity contribution in [2.24, 2.45) is 0 Å². The van der Waals surface area contributed by atoms with Crippen LogP contribution >= 0.6 is 0 Å². The molecule has 5 rings (SSSR count). The van der Waals surface area contributed by atoms with Crippen molar-refractivity contribution in [1.29, 1.82) is 0 Å². The Morgan fingerprint density at radius 3 is 2.39 bits per heavy atom. The first-order valence-electron chi connectivity index (χ1n) is 16.4. The van der Waals surface area contributed by atoms with E-state index in [4.69, 9.17) is 14.2 Å². The minimum atomic E-state index is -1.37. The van der Waals surface area contributed by atoms with Crippen LogP contribution in [0.5, 0.6) is 0 Å². The molecule has 3 amide bonds. The molecule has 2 heterocycles. The van der Waals surface area contributed by atoms with E-state index in [1.165, 1.54) is 16.8 Å². The second-order valence-electron chi connectivity index (χ2n) is 13.0. The molecule has 3 atom stereocenters. The highest BCUT2D eigenvalue weighted by molar-refractivity contribution is 6.11. The van der Waals surface area contributed by atoms with Gasteiger partial charge in [-0.05, 0) is 60.9 Å². The van der Waals surface area contributed by atoms with Crippen molar-refractivity contribution in [3.8, 4) is 0 Å². The number of nitrogens with zero attached hydrogens (tertiary/aromatic N) is 5. The van der Waals surface area contributed by atoms with Gasteiger partial charge in [0.15, 0.2) is 12.6 Å². The molecule has 3 aromatic carbocycles. The molecule has 4 aromatic rings. The summed E-state index contributed by atoms with van der Waals surface area (Å²) in [6.45, 7) is 5.13. The molecule has 1 aliphatic heterocycles. The number of amides is 3. The Morgan fingerprint density at radius 2 is 1.65 bits per heavy atom. The van der Waals surface area contributed by atoms with Gasteiger partial charge in [-0.3, -0.25) is 24.1 Å². The Morgan fingerprint density at radius 1 is 0.922 bits per heavy atom. The Hall–Kier alpha value is -5.70. The van der Waals surface area contributed by atoms with Gasteiger partial charge in [0.25, 0.3) is 5.91 Å². The zero-order chi connectivity index (χ0) is 36.7. The molecule has 1 aromatic heterocycles. The van der Waals surface area contributed by atoms with Gasteiger partial charge < -0.3 is 24.8 Å². The predicted molar refractivity (Wildman–Crippen MR) is 184 cm³/mol. The third-order valence-corrected chi connectivity index (χ3v) is 8.14.